The maximum absolute atomic E-state index is 12.9. The average molecular weight is 447 g/mol. The van der Waals surface area contributed by atoms with E-state index in [9.17, 15) is 4.79 Å². The first-order chi connectivity index (χ1) is 15.2. The molecule has 2 aromatic carbocycles. The summed E-state index contributed by atoms with van der Waals surface area (Å²) in [6.07, 6.45) is 1.69. The van der Waals surface area contributed by atoms with Gasteiger partial charge in [0.2, 0.25) is 5.78 Å². The van der Waals surface area contributed by atoms with Crippen molar-refractivity contribution in [2.75, 3.05) is 5.32 Å². The monoisotopic (exact) mass is 446 g/mol. The number of thiazole rings is 1. The van der Waals surface area contributed by atoms with Crippen molar-refractivity contribution in [1.29, 1.82) is 0 Å². The second-order valence-electron chi connectivity index (χ2n) is 6.76. The molecule has 0 aliphatic carbocycles. The molecule has 0 saturated carbocycles. The molecular weight excluding hydrogens is 428 g/mol. The van der Waals surface area contributed by atoms with Crippen molar-refractivity contribution in [3.63, 3.8) is 0 Å². The number of nitrogens with one attached hydrogen (secondary N) is 1. The summed E-state index contributed by atoms with van der Waals surface area (Å²) in [6, 6.07) is 17.5. The maximum atomic E-state index is 12.9. The molecular formula is C22H18N6OS2. The van der Waals surface area contributed by atoms with Crippen LogP contribution in [0.15, 0.2) is 82.6 Å². The van der Waals surface area contributed by atoms with E-state index in [2.05, 4.69) is 27.1 Å². The van der Waals surface area contributed by atoms with E-state index in [1.165, 1.54) is 0 Å². The van der Waals surface area contributed by atoms with E-state index in [1.54, 1.807) is 33.7 Å². The van der Waals surface area contributed by atoms with Crippen molar-refractivity contribution >= 4 is 50.6 Å². The number of nitrogens with zero attached hydrogens (tertiary/aromatic N) is 5. The Bertz CT molecular complexity index is 1440. The first-order valence-corrected chi connectivity index (χ1v) is 11.5. The van der Waals surface area contributed by atoms with Gasteiger partial charge in [0.1, 0.15) is 0 Å². The van der Waals surface area contributed by atoms with Crippen LogP contribution in [0, 0.1) is 0 Å². The van der Waals surface area contributed by atoms with E-state index in [4.69, 9.17) is 0 Å². The number of benzene rings is 2. The van der Waals surface area contributed by atoms with Gasteiger partial charge < -0.3 is 5.32 Å². The summed E-state index contributed by atoms with van der Waals surface area (Å²) in [5.74, 6) is 1.15. The Balaban J connectivity index is 1.45. The number of allylic oxidation sites excluding steroid dienone is 1. The zero-order valence-electron chi connectivity index (χ0n) is 16.4. The summed E-state index contributed by atoms with van der Waals surface area (Å²) < 4.78 is 3.53. The molecule has 31 heavy (non-hydrogen) atoms. The average Bonchev–Trinajstić information content (AvgIpc) is 3.43. The minimum absolute atomic E-state index is 0.0944. The summed E-state index contributed by atoms with van der Waals surface area (Å²) in [5.41, 5.74) is 2.66. The molecule has 0 unspecified atom stereocenters. The van der Waals surface area contributed by atoms with Crippen molar-refractivity contribution in [1.82, 2.24) is 24.1 Å². The lowest BCUT2D eigenvalue weighted by atomic mass is 10.2. The van der Waals surface area contributed by atoms with Gasteiger partial charge in [-0.3, -0.25) is 13.8 Å². The highest BCUT2D eigenvalue weighted by molar-refractivity contribution is 7.98. The van der Waals surface area contributed by atoms with Gasteiger partial charge >= 0.3 is 0 Å². The maximum Gasteiger partial charge on any atom is 0.263 e. The van der Waals surface area contributed by atoms with E-state index in [1.807, 2.05) is 64.4 Å². The number of fused-ring (bicyclic) bond motifs is 3. The van der Waals surface area contributed by atoms with Crippen LogP contribution in [0.2, 0.25) is 0 Å². The Morgan fingerprint density at radius 2 is 1.90 bits per heavy atom. The Hall–Kier alpha value is -3.43. The first-order valence-electron chi connectivity index (χ1n) is 9.61. The van der Waals surface area contributed by atoms with E-state index < -0.39 is 0 Å². The summed E-state index contributed by atoms with van der Waals surface area (Å²) in [7, 11) is 0. The molecule has 0 aliphatic heterocycles. The van der Waals surface area contributed by atoms with E-state index in [0.29, 0.717) is 23.5 Å². The van der Waals surface area contributed by atoms with E-state index in [0.717, 1.165) is 27.2 Å². The molecule has 0 amide bonds. The fourth-order valence-corrected chi connectivity index (χ4v) is 5.00. The standard InChI is InChI=1S/C22H18N6OS2/c1-2-12-27-19(29)17-10-6-7-11-18(17)28-21(27)25-26-22(28)31-14-16-13-30-20(24-16)23-15-8-4-3-5-9-15/h2-11,13H,1,12,14H2,(H,23,24). The van der Waals surface area contributed by atoms with Crippen molar-refractivity contribution in [3.8, 4) is 0 Å². The SMILES string of the molecule is C=CCn1c(=O)c2ccccc2n2c(SCc3csc(Nc4ccccc4)n3)nnc12. The molecule has 0 atom stereocenters. The molecule has 0 fully saturated rings. The van der Waals surface area contributed by atoms with Crippen LogP contribution in [0.25, 0.3) is 16.7 Å². The van der Waals surface area contributed by atoms with Crippen LogP contribution < -0.4 is 10.9 Å². The number of hydrogen-bond acceptors (Lipinski definition) is 7. The summed E-state index contributed by atoms with van der Waals surface area (Å²) in [4.78, 5) is 17.6. The predicted molar refractivity (Wildman–Crippen MR) is 126 cm³/mol. The Kier molecular flexibility index (Phi) is 5.27. The molecule has 0 bridgehead atoms. The Morgan fingerprint density at radius 3 is 2.74 bits per heavy atom. The lowest BCUT2D eigenvalue weighted by Gasteiger charge is -2.09. The number of aromatic nitrogens is 5. The van der Waals surface area contributed by atoms with Crippen LogP contribution in [0.3, 0.4) is 0 Å². The number of hydrogen-bond donors (Lipinski definition) is 1. The molecule has 154 valence electrons. The van der Waals surface area contributed by atoms with Gasteiger partial charge in [0.15, 0.2) is 10.3 Å². The number of para-hydroxylation sites is 2. The second kappa shape index (κ2) is 8.37. The van der Waals surface area contributed by atoms with Gasteiger partial charge in [-0.15, -0.1) is 28.1 Å². The zero-order chi connectivity index (χ0) is 21.2. The Morgan fingerprint density at radius 1 is 1.10 bits per heavy atom. The number of thioether (sulfide) groups is 1. The molecule has 0 aliphatic rings. The van der Waals surface area contributed by atoms with E-state index >= 15 is 0 Å². The third kappa shape index (κ3) is 3.73. The third-order valence-corrected chi connectivity index (χ3v) is 6.48. The molecule has 5 aromatic rings. The molecule has 3 aromatic heterocycles. The summed E-state index contributed by atoms with van der Waals surface area (Å²) in [6.45, 7) is 4.14. The summed E-state index contributed by atoms with van der Waals surface area (Å²) >= 11 is 3.11. The van der Waals surface area contributed by atoms with Crippen LogP contribution >= 0.6 is 23.1 Å². The van der Waals surface area contributed by atoms with Crippen LogP contribution in [-0.4, -0.2) is 24.1 Å². The quantitative estimate of drug-likeness (QED) is 0.288. The molecule has 9 heteroatoms. The fourth-order valence-electron chi connectivity index (χ4n) is 3.33. The van der Waals surface area contributed by atoms with Gasteiger partial charge in [0.05, 0.1) is 16.6 Å². The first kappa shape index (κ1) is 19.5. The molecule has 7 nitrogen and oxygen atoms in total. The zero-order valence-corrected chi connectivity index (χ0v) is 18.1. The van der Waals surface area contributed by atoms with Crippen LogP contribution in [-0.2, 0) is 12.3 Å². The van der Waals surface area contributed by atoms with Crippen molar-refractivity contribution < 1.29 is 0 Å². The van der Waals surface area contributed by atoms with Crippen molar-refractivity contribution in [3.05, 3.63) is 88.7 Å². The van der Waals surface area contributed by atoms with Gasteiger partial charge in [-0.1, -0.05) is 48.2 Å². The molecule has 0 saturated heterocycles. The van der Waals surface area contributed by atoms with Crippen LogP contribution in [0.4, 0.5) is 10.8 Å². The van der Waals surface area contributed by atoms with Crippen molar-refractivity contribution in [2.24, 2.45) is 0 Å². The minimum atomic E-state index is -0.0944. The van der Waals surface area contributed by atoms with Gasteiger partial charge in [-0.25, -0.2) is 4.98 Å². The van der Waals surface area contributed by atoms with Gasteiger partial charge in [-0.05, 0) is 24.3 Å². The van der Waals surface area contributed by atoms with Crippen LogP contribution in [0.1, 0.15) is 5.69 Å². The summed E-state index contributed by atoms with van der Waals surface area (Å²) in [5, 5.41) is 16.2. The van der Waals surface area contributed by atoms with Gasteiger partial charge in [-0.2, -0.15) is 0 Å². The number of anilines is 2. The molecule has 5 rings (SSSR count). The lowest BCUT2D eigenvalue weighted by Crippen LogP contribution is -2.22. The minimum Gasteiger partial charge on any atom is -0.332 e. The van der Waals surface area contributed by atoms with Gasteiger partial charge in [0, 0.05) is 23.4 Å². The lowest BCUT2D eigenvalue weighted by molar-refractivity contribution is 0.783. The second-order valence-corrected chi connectivity index (χ2v) is 8.56. The molecule has 3 heterocycles. The highest BCUT2D eigenvalue weighted by Gasteiger charge is 2.16. The van der Waals surface area contributed by atoms with Crippen LogP contribution in [0.5, 0.6) is 0 Å². The number of rotatable bonds is 7. The van der Waals surface area contributed by atoms with Crippen molar-refractivity contribution in [2.45, 2.75) is 17.5 Å². The Labute approximate surface area is 186 Å². The smallest absolute Gasteiger partial charge is 0.263 e. The van der Waals surface area contributed by atoms with E-state index in [-0.39, 0.29) is 5.56 Å². The topological polar surface area (TPSA) is 77.1 Å². The highest BCUT2D eigenvalue weighted by Crippen LogP contribution is 2.27. The molecule has 0 spiro atoms. The largest absolute Gasteiger partial charge is 0.332 e. The normalized spacial score (nSPS) is 11.2. The predicted octanol–water partition coefficient (Wildman–Crippen LogP) is 4.72. The molecule has 0 radical (unpaired) electrons. The third-order valence-electron chi connectivity index (χ3n) is 4.72. The highest BCUT2D eigenvalue weighted by atomic mass is 32.2. The molecule has 1 N–H and O–H groups in total. The van der Waals surface area contributed by atoms with Gasteiger partial charge in [0.25, 0.3) is 5.56 Å². The fraction of sp³-hybridized carbons (Fsp3) is 0.0909.